The van der Waals surface area contributed by atoms with Crippen LogP contribution in [0.1, 0.15) is 27.7 Å². The molecule has 3 nitrogen and oxygen atoms in total. The number of hydrogen-bond donors (Lipinski definition) is 1. The highest BCUT2D eigenvalue weighted by atomic mass is 35.5. The van der Waals surface area contributed by atoms with E-state index in [-0.39, 0.29) is 5.70 Å². The number of hydrogen-bond acceptors (Lipinski definition) is 3. The molecule has 0 fully saturated rings. The van der Waals surface area contributed by atoms with Crippen LogP contribution >= 0.6 is 22.9 Å². The van der Waals surface area contributed by atoms with Gasteiger partial charge in [-0.15, -0.1) is 11.3 Å². The van der Waals surface area contributed by atoms with E-state index < -0.39 is 29.0 Å². The van der Waals surface area contributed by atoms with Gasteiger partial charge in [0.25, 0.3) is 5.91 Å². The summed E-state index contributed by atoms with van der Waals surface area (Å²) in [5, 5.41) is 2.88. The number of carbonyl (C=O) groups is 2. The van der Waals surface area contributed by atoms with Gasteiger partial charge in [-0.05, 0) is 36.4 Å². The Morgan fingerprint density at radius 2 is 1.67 bits per heavy atom. The van der Waals surface area contributed by atoms with Crippen LogP contribution in [-0.4, -0.2) is 11.7 Å². The molecule has 0 saturated carbocycles. The largest absolute Gasteiger partial charge is 0.417 e. The van der Waals surface area contributed by atoms with E-state index in [0.717, 1.165) is 22.6 Å². The maximum absolute atomic E-state index is 13.2. The molecule has 0 bridgehead atoms. The summed E-state index contributed by atoms with van der Waals surface area (Å²) in [7, 11) is 0. The molecular weight excluding hydrogens is 435 g/mol. The molecule has 1 heterocycles. The van der Waals surface area contributed by atoms with Crippen LogP contribution in [0.2, 0.25) is 5.02 Å². The molecule has 1 aromatic heterocycles. The van der Waals surface area contributed by atoms with Crippen LogP contribution in [-0.2, 0) is 11.0 Å². The first-order chi connectivity index (χ1) is 14.2. The second-order valence-corrected chi connectivity index (χ2v) is 7.82. The van der Waals surface area contributed by atoms with E-state index >= 15 is 0 Å². The lowest BCUT2D eigenvalue weighted by molar-refractivity contribution is -0.137. The van der Waals surface area contributed by atoms with Crippen molar-refractivity contribution in [3.8, 4) is 10.4 Å². The molecule has 0 atom stereocenters. The van der Waals surface area contributed by atoms with Gasteiger partial charge in [-0.3, -0.25) is 9.59 Å². The van der Waals surface area contributed by atoms with E-state index in [1.165, 1.54) is 36.5 Å². The zero-order chi connectivity index (χ0) is 21.9. The molecule has 0 aliphatic carbocycles. The number of thiophene rings is 1. The molecule has 0 saturated heterocycles. The second-order valence-electron chi connectivity index (χ2n) is 6.29. The van der Waals surface area contributed by atoms with Gasteiger partial charge in [-0.25, -0.2) is 0 Å². The van der Waals surface area contributed by atoms with E-state index in [0.29, 0.717) is 9.90 Å². The number of Topliss-reactive ketones (excluding diaryl/α,β-unsaturated/α-hetero) is 1. The van der Waals surface area contributed by atoms with Crippen molar-refractivity contribution in [1.29, 1.82) is 0 Å². The Bertz CT molecular complexity index is 1140. The summed E-state index contributed by atoms with van der Waals surface area (Å²) in [4.78, 5) is 26.0. The van der Waals surface area contributed by atoms with Gasteiger partial charge in [0.1, 0.15) is 0 Å². The van der Waals surface area contributed by atoms with E-state index in [2.05, 4.69) is 5.32 Å². The molecule has 154 valence electrons. The van der Waals surface area contributed by atoms with Crippen molar-refractivity contribution in [2.24, 2.45) is 0 Å². The third-order valence-corrected chi connectivity index (χ3v) is 5.55. The normalized spacial score (nSPS) is 12.0. The van der Waals surface area contributed by atoms with Gasteiger partial charge in [0.05, 0.1) is 16.8 Å². The van der Waals surface area contributed by atoms with Crippen LogP contribution in [0, 0.1) is 0 Å². The first kappa shape index (κ1) is 21.8. The molecular formula is C22H15ClF3NO2S. The van der Waals surface area contributed by atoms with Gasteiger partial charge in [-0.2, -0.15) is 13.2 Å². The number of alkyl halides is 3. The number of amides is 1. The third-order valence-electron chi connectivity index (χ3n) is 4.16. The number of allylic oxidation sites excluding steroid dienone is 1. The molecule has 1 N–H and O–H groups in total. The average molecular weight is 450 g/mol. The highest BCUT2D eigenvalue weighted by Gasteiger charge is 2.35. The van der Waals surface area contributed by atoms with Gasteiger partial charge in [0, 0.05) is 27.3 Å². The summed E-state index contributed by atoms with van der Waals surface area (Å²) in [6.07, 6.45) is -3.26. The minimum atomic E-state index is -4.69. The fourth-order valence-electron chi connectivity index (χ4n) is 2.72. The predicted octanol–water partition coefficient (Wildman–Crippen LogP) is 6.45. The number of halogens is 4. The average Bonchev–Trinajstić information content (AvgIpc) is 3.15. The van der Waals surface area contributed by atoms with Gasteiger partial charge >= 0.3 is 6.18 Å². The molecule has 0 aliphatic heterocycles. The first-order valence-electron chi connectivity index (χ1n) is 8.72. The zero-order valence-corrected chi connectivity index (χ0v) is 17.2. The maximum Gasteiger partial charge on any atom is 0.417 e. The summed E-state index contributed by atoms with van der Waals surface area (Å²) in [6, 6.07) is 15.2. The smallest absolute Gasteiger partial charge is 0.319 e. The van der Waals surface area contributed by atoms with Crippen molar-refractivity contribution in [2.75, 3.05) is 0 Å². The van der Waals surface area contributed by atoms with Crippen LogP contribution in [0.25, 0.3) is 16.5 Å². The Labute approximate surface area is 179 Å². The molecule has 0 radical (unpaired) electrons. The number of carbonyl (C=O) groups excluding carboxylic acids is 2. The molecule has 8 heteroatoms. The summed E-state index contributed by atoms with van der Waals surface area (Å²) in [6.45, 7) is 1.23. The van der Waals surface area contributed by atoms with E-state index in [4.69, 9.17) is 11.6 Å². The van der Waals surface area contributed by atoms with Crippen molar-refractivity contribution in [1.82, 2.24) is 5.32 Å². The first-order valence-corrected chi connectivity index (χ1v) is 9.91. The van der Waals surface area contributed by atoms with Gasteiger partial charge in [0.2, 0.25) is 0 Å². The molecule has 0 unspecified atom stereocenters. The quantitative estimate of drug-likeness (QED) is 0.455. The molecule has 3 aromatic rings. The lowest BCUT2D eigenvalue weighted by atomic mass is 10.1. The number of nitrogens with one attached hydrogen (secondary N) is 1. The molecule has 0 spiro atoms. The number of ketones is 1. The fourth-order valence-corrected chi connectivity index (χ4v) is 4.01. The summed E-state index contributed by atoms with van der Waals surface area (Å²) >= 11 is 7.53. The summed E-state index contributed by atoms with van der Waals surface area (Å²) in [5.74, 6) is -1.49. The zero-order valence-electron chi connectivity index (χ0n) is 15.6. The van der Waals surface area contributed by atoms with Gasteiger partial charge in [0.15, 0.2) is 5.78 Å². The minimum Gasteiger partial charge on any atom is -0.319 e. The molecule has 30 heavy (non-hydrogen) atoms. The topological polar surface area (TPSA) is 46.2 Å². The SMILES string of the molecule is CC(=O)/C(=C/c1ccc(-c2ccccc2Cl)s1)NC(=O)c1ccccc1C(F)(F)F. The Balaban J connectivity index is 1.90. The lowest BCUT2D eigenvalue weighted by Gasteiger charge is -2.13. The Hall–Kier alpha value is -2.90. The molecule has 0 aliphatic rings. The number of rotatable bonds is 5. The highest BCUT2D eigenvalue weighted by molar-refractivity contribution is 7.16. The van der Waals surface area contributed by atoms with E-state index in [1.807, 2.05) is 24.3 Å². The third kappa shape index (κ3) is 4.98. The molecule has 3 rings (SSSR count). The van der Waals surface area contributed by atoms with Crippen molar-refractivity contribution in [3.05, 3.63) is 87.4 Å². The van der Waals surface area contributed by atoms with Gasteiger partial charge < -0.3 is 5.32 Å². The Kier molecular flexibility index (Phi) is 6.43. The summed E-state index contributed by atoms with van der Waals surface area (Å²) < 4.78 is 39.5. The molecule has 1 amide bonds. The maximum atomic E-state index is 13.2. The van der Waals surface area contributed by atoms with Crippen LogP contribution in [0.3, 0.4) is 0 Å². The van der Waals surface area contributed by atoms with Crippen molar-refractivity contribution >= 4 is 40.7 Å². The van der Waals surface area contributed by atoms with Crippen LogP contribution in [0.15, 0.2) is 66.4 Å². The van der Waals surface area contributed by atoms with Gasteiger partial charge in [-0.1, -0.05) is 41.9 Å². The van der Waals surface area contributed by atoms with Crippen molar-refractivity contribution in [3.63, 3.8) is 0 Å². The van der Waals surface area contributed by atoms with E-state index in [1.54, 1.807) is 12.1 Å². The van der Waals surface area contributed by atoms with Crippen LogP contribution in [0.4, 0.5) is 13.2 Å². The Morgan fingerprint density at radius 1 is 1.00 bits per heavy atom. The van der Waals surface area contributed by atoms with Crippen molar-refractivity contribution < 1.29 is 22.8 Å². The highest BCUT2D eigenvalue weighted by Crippen LogP contribution is 2.34. The lowest BCUT2D eigenvalue weighted by Crippen LogP contribution is -2.28. The number of benzene rings is 2. The standard InChI is InChI=1S/C22H15ClF3NO2S/c1-13(28)19(27-21(29)15-6-2-4-8-17(15)22(24,25)26)12-14-10-11-20(30-14)16-7-3-5-9-18(16)23/h2-12H,1H3,(H,27,29)/b19-12-. The fraction of sp³-hybridized carbons (Fsp3) is 0.0909. The second kappa shape index (κ2) is 8.85. The monoisotopic (exact) mass is 449 g/mol. The van der Waals surface area contributed by atoms with Crippen molar-refractivity contribution in [2.45, 2.75) is 13.1 Å². The van der Waals surface area contributed by atoms with Crippen LogP contribution in [0.5, 0.6) is 0 Å². The van der Waals surface area contributed by atoms with E-state index in [9.17, 15) is 22.8 Å². The molecule has 2 aromatic carbocycles. The summed E-state index contributed by atoms with van der Waals surface area (Å²) in [5.41, 5.74) is -0.913. The van der Waals surface area contributed by atoms with Crippen LogP contribution < -0.4 is 5.32 Å². The Morgan fingerprint density at radius 3 is 2.33 bits per heavy atom. The predicted molar refractivity (Wildman–Crippen MR) is 112 cm³/mol. The minimum absolute atomic E-state index is 0.107.